The summed E-state index contributed by atoms with van der Waals surface area (Å²) in [6.45, 7) is 9.24. The predicted octanol–water partition coefficient (Wildman–Crippen LogP) is 2.65. The van der Waals surface area contributed by atoms with E-state index in [0.29, 0.717) is 6.04 Å². The number of nitrogens with zero attached hydrogens (tertiary/aromatic N) is 1. The molecule has 0 aromatic heterocycles. The van der Waals surface area contributed by atoms with Crippen molar-refractivity contribution < 1.29 is 4.39 Å². The molecule has 90 valence electrons. The lowest BCUT2D eigenvalue weighted by molar-refractivity contribution is 0.579. The molecule has 1 N–H and O–H groups in total. The molecule has 0 saturated heterocycles. The number of hydrogen-bond acceptors (Lipinski definition) is 2. The first-order valence-corrected chi connectivity index (χ1v) is 5.92. The SMILES string of the molecule is CCNCC(C)N(CC)c1ccc(F)cc1. The second-order valence-corrected chi connectivity index (χ2v) is 3.92. The molecule has 0 aliphatic carbocycles. The summed E-state index contributed by atoms with van der Waals surface area (Å²) in [5, 5.41) is 3.33. The molecular weight excluding hydrogens is 203 g/mol. The van der Waals surface area contributed by atoms with Gasteiger partial charge in [0.1, 0.15) is 5.82 Å². The van der Waals surface area contributed by atoms with Gasteiger partial charge in [-0.25, -0.2) is 4.39 Å². The van der Waals surface area contributed by atoms with E-state index in [0.717, 1.165) is 25.3 Å². The highest BCUT2D eigenvalue weighted by Gasteiger charge is 2.11. The number of rotatable bonds is 6. The highest BCUT2D eigenvalue weighted by Crippen LogP contribution is 2.16. The Morgan fingerprint density at radius 1 is 1.25 bits per heavy atom. The number of nitrogens with one attached hydrogen (secondary N) is 1. The minimum atomic E-state index is -0.181. The summed E-state index contributed by atoms with van der Waals surface area (Å²) in [5.74, 6) is -0.181. The van der Waals surface area contributed by atoms with Gasteiger partial charge >= 0.3 is 0 Å². The molecule has 0 aliphatic heterocycles. The maximum absolute atomic E-state index is 12.8. The van der Waals surface area contributed by atoms with Gasteiger partial charge in [-0.05, 0) is 44.7 Å². The van der Waals surface area contributed by atoms with Gasteiger partial charge in [-0.1, -0.05) is 6.92 Å². The summed E-state index contributed by atoms with van der Waals surface area (Å²) in [7, 11) is 0. The second kappa shape index (κ2) is 6.48. The summed E-state index contributed by atoms with van der Waals surface area (Å²) in [6, 6.07) is 7.11. The molecular formula is C13H21FN2. The number of halogens is 1. The van der Waals surface area contributed by atoms with Crippen LogP contribution in [0.15, 0.2) is 24.3 Å². The monoisotopic (exact) mass is 224 g/mol. The molecule has 0 amide bonds. The van der Waals surface area contributed by atoms with Gasteiger partial charge in [-0.2, -0.15) is 0 Å². The summed E-state index contributed by atoms with van der Waals surface area (Å²) in [5.41, 5.74) is 1.08. The Hall–Kier alpha value is -1.09. The first kappa shape index (κ1) is 13.0. The van der Waals surface area contributed by atoms with E-state index in [4.69, 9.17) is 0 Å². The van der Waals surface area contributed by atoms with E-state index < -0.39 is 0 Å². The molecule has 0 radical (unpaired) electrons. The molecule has 2 nitrogen and oxygen atoms in total. The molecule has 0 heterocycles. The van der Waals surface area contributed by atoms with Crippen LogP contribution in [0.25, 0.3) is 0 Å². The van der Waals surface area contributed by atoms with Crippen molar-refractivity contribution in [3.05, 3.63) is 30.1 Å². The molecule has 0 spiro atoms. The minimum Gasteiger partial charge on any atom is -0.368 e. The molecule has 3 heteroatoms. The summed E-state index contributed by atoms with van der Waals surface area (Å²) in [6.07, 6.45) is 0. The standard InChI is InChI=1S/C13H21FN2/c1-4-15-10-11(3)16(5-2)13-8-6-12(14)7-9-13/h6-9,11,15H,4-5,10H2,1-3H3. The second-order valence-electron chi connectivity index (χ2n) is 3.92. The zero-order valence-electron chi connectivity index (χ0n) is 10.3. The van der Waals surface area contributed by atoms with Crippen molar-refractivity contribution in [3.8, 4) is 0 Å². The molecule has 0 fully saturated rings. The number of likely N-dealkylation sites (N-methyl/N-ethyl adjacent to an activating group) is 2. The fraction of sp³-hybridized carbons (Fsp3) is 0.538. The van der Waals surface area contributed by atoms with E-state index in [9.17, 15) is 4.39 Å². The van der Waals surface area contributed by atoms with Crippen molar-refractivity contribution in [2.24, 2.45) is 0 Å². The van der Waals surface area contributed by atoms with Crippen LogP contribution in [0.2, 0.25) is 0 Å². The van der Waals surface area contributed by atoms with Crippen molar-refractivity contribution in [2.75, 3.05) is 24.5 Å². The largest absolute Gasteiger partial charge is 0.368 e. The topological polar surface area (TPSA) is 15.3 Å². The normalized spacial score (nSPS) is 12.5. The first-order chi connectivity index (χ1) is 7.69. The van der Waals surface area contributed by atoms with Crippen LogP contribution >= 0.6 is 0 Å². The Morgan fingerprint density at radius 2 is 1.88 bits per heavy atom. The number of hydrogen-bond donors (Lipinski definition) is 1. The van der Waals surface area contributed by atoms with Gasteiger partial charge in [0.25, 0.3) is 0 Å². The van der Waals surface area contributed by atoms with E-state index in [1.165, 1.54) is 12.1 Å². The van der Waals surface area contributed by atoms with Gasteiger partial charge in [0.15, 0.2) is 0 Å². The maximum Gasteiger partial charge on any atom is 0.123 e. The van der Waals surface area contributed by atoms with Crippen LogP contribution in [0.1, 0.15) is 20.8 Å². The Balaban J connectivity index is 2.69. The molecule has 1 aromatic carbocycles. The van der Waals surface area contributed by atoms with Crippen molar-refractivity contribution in [3.63, 3.8) is 0 Å². The van der Waals surface area contributed by atoms with Crippen LogP contribution in [0.5, 0.6) is 0 Å². The van der Waals surface area contributed by atoms with E-state index >= 15 is 0 Å². The third-order valence-corrected chi connectivity index (χ3v) is 2.72. The third kappa shape index (κ3) is 3.49. The average molecular weight is 224 g/mol. The van der Waals surface area contributed by atoms with Crippen molar-refractivity contribution in [2.45, 2.75) is 26.8 Å². The smallest absolute Gasteiger partial charge is 0.123 e. The van der Waals surface area contributed by atoms with Crippen molar-refractivity contribution in [1.29, 1.82) is 0 Å². The molecule has 16 heavy (non-hydrogen) atoms. The van der Waals surface area contributed by atoms with Gasteiger partial charge in [0.05, 0.1) is 0 Å². The van der Waals surface area contributed by atoms with E-state index in [1.807, 2.05) is 12.1 Å². The van der Waals surface area contributed by atoms with E-state index in [1.54, 1.807) is 0 Å². The quantitative estimate of drug-likeness (QED) is 0.799. The predicted molar refractivity (Wildman–Crippen MR) is 67.4 cm³/mol. The van der Waals surface area contributed by atoms with Crippen molar-refractivity contribution >= 4 is 5.69 Å². The van der Waals surface area contributed by atoms with E-state index in [2.05, 4.69) is 31.0 Å². The van der Waals surface area contributed by atoms with Crippen molar-refractivity contribution in [1.82, 2.24) is 5.32 Å². The lowest BCUT2D eigenvalue weighted by Crippen LogP contribution is -2.40. The van der Waals surface area contributed by atoms with Gasteiger partial charge in [-0.15, -0.1) is 0 Å². The Bertz CT molecular complexity index is 297. The van der Waals surface area contributed by atoms with Gasteiger partial charge in [0.2, 0.25) is 0 Å². The highest BCUT2D eigenvalue weighted by molar-refractivity contribution is 5.47. The minimum absolute atomic E-state index is 0.181. The first-order valence-electron chi connectivity index (χ1n) is 5.92. The van der Waals surface area contributed by atoms with Crippen LogP contribution in [0.3, 0.4) is 0 Å². The van der Waals surface area contributed by atoms with Crippen LogP contribution < -0.4 is 10.2 Å². The van der Waals surface area contributed by atoms with E-state index in [-0.39, 0.29) is 5.82 Å². The lowest BCUT2D eigenvalue weighted by Gasteiger charge is -2.30. The average Bonchev–Trinajstić information content (AvgIpc) is 2.30. The zero-order valence-corrected chi connectivity index (χ0v) is 10.3. The Morgan fingerprint density at radius 3 is 2.38 bits per heavy atom. The summed E-state index contributed by atoms with van der Waals surface area (Å²) in [4.78, 5) is 2.27. The maximum atomic E-state index is 12.8. The molecule has 1 atom stereocenters. The highest BCUT2D eigenvalue weighted by atomic mass is 19.1. The Kier molecular flexibility index (Phi) is 5.26. The lowest BCUT2D eigenvalue weighted by atomic mass is 10.2. The zero-order chi connectivity index (χ0) is 12.0. The Labute approximate surface area is 97.5 Å². The van der Waals surface area contributed by atoms with Crippen LogP contribution in [0.4, 0.5) is 10.1 Å². The molecule has 0 aliphatic rings. The third-order valence-electron chi connectivity index (χ3n) is 2.72. The van der Waals surface area contributed by atoms with Crippen LogP contribution in [0, 0.1) is 5.82 Å². The van der Waals surface area contributed by atoms with Crippen LogP contribution in [-0.4, -0.2) is 25.7 Å². The number of benzene rings is 1. The molecule has 1 unspecified atom stereocenters. The summed E-state index contributed by atoms with van der Waals surface area (Å²) < 4.78 is 12.8. The fourth-order valence-corrected chi connectivity index (χ4v) is 1.84. The molecule has 1 aromatic rings. The fourth-order valence-electron chi connectivity index (χ4n) is 1.84. The molecule has 0 saturated carbocycles. The van der Waals surface area contributed by atoms with Gasteiger partial charge in [0, 0.05) is 24.8 Å². The van der Waals surface area contributed by atoms with Gasteiger partial charge < -0.3 is 10.2 Å². The van der Waals surface area contributed by atoms with Gasteiger partial charge in [-0.3, -0.25) is 0 Å². The number of anilines is 1. The summed E-state index contributed by atoms with van der Waals surface area (Å²) >= 11 is 0. The molecule has 0 bridgehead atoms. The van der Waals surface area contributed by atoms with Crippen LogP contribution in [-0.2, 0) is 0 Å². The molecule has 1 rings (SSSR count).